The molecule has 2 aromatic rings. The van der Waals surface area contributed by atoms with Crippen molar-refractivity contribution in [2.24, 2.45) is 5.92 Å². The van der Waals surface area contributed by atoms with E-state index in [2.05, 4.69) is 39.6 Å². The molecule has 152 valence electrons. The smallest absolute Gasteiger partial charge is 0.226 e. The van der Waals surface area contributed by atoms with E-state index in [0.29, 0.717) is 17.6 Å². The number of carbonyl (C=O) groups excluding carboxylic acids is 2. The summed E-state index contributed by atoms with van der Waals surface area (Å²) in [5.74, 6) is 0.285. The fraction of sp³-hybridized carbons (Fsp3) is 0.632. The number of anilines is 1. The highest BCUT2D eigenvalue weighted by molar-refractivity contribution is 7.15. The molecular formula is C19H28N6O2S. The van der Waals surface area contributed by atoms with E-state index in [1.807, 2.05) is 17.9 Å². The van der Waals surface area contributed by atoms with Gasteiger partial charge < -0.3 is 10.2 Å². The number of piperidine rings is 1. The molecule has 8 nitrogen and oxygen atoms in total. The van der Waals surface area contributed by atoms with Gasteiger partial charge in [-0.1, -0.05) is 25.2 Å². The summed E-state index contributed by atoms with van der Waals surface area (Å²) in [5.41, 5.74) is 1.89. The molecule has 9 heteroatoms. The average Bonchev–Trinajstić information content (AvgIpc) is 3.28. The van der Waals surface area contributed by atoms with Crippen molar-refractivity contribution in [1.82, 2.24) is 25.3 Å². The first kappa shape index (κ1) is 20.4. The number of H-pyrrole nitrogens is 1. The largest absolute Gasteiger partial charge is 0.334 e. The van der Waals surface area contributed by atoms with E-state index in [-0.39, 0.29) is 30.7 Å². The van der Waals surface area contributed by atoms with Crippen molar-refractivity contribution >= 4 is 28.3 Å². The molecule has 1 fully saturated rings. The predicted octanol–water partition coefficient (Wildman–Crippen LogP) is 3.24. The molecule has 0 saturated carbocycles. The zero-order valence-corrected chi connectivity index (χ0v) is 17.5. The number of hydrogen-bond acceptors (Lipinski definition) is 6. The van der Waals surface area contributed by atoms with Gasteiger partial charge in [0.15, 0.2) is 0 Å². The fourth-order valence-electron chi connectivity index (χ4n) is 3.43. The number of rotatable bonds is 7. The molecule has 0 aliphatic carbocycles. The third-order valence-corrected chi connectivity index (χ3v) is 5.61. The molecule has 2 amide bonds. The Balaban J connectivity index is 1.52. The Morgan fingerprint density at radius 3 is 2.86 bits per heavy atom. The minimum absolute atomic E-state index is 0.00161. The Kier molecular flexibility index (Phi) is 6.77. The normalized spacial score (nSPS) is 17.1. The lowest BCUT2D eigenvalue weighted by atomic mass is 9.98. The second kappa shape index (κ2) is 9.27. The maximum atomic E-state index is 12.8. The first-order valence-corrected chi connectivity index (χ1v) is 10.7. The summed E-state index contributed by atoms with van der Waals surface area (Å²) in [6.45, 7) is 6.90. The highest BCUT2D eigenvalue weighted by Crippen LogP contribution is 2.30. The summed E-state index contributed by atoms with van der Waals surface area (Å²) in [6, 6.07) is 1.99. The molecule has 3 rings (SSSR count). The van der Waals surface area contributed by atoms with Crippen LogP contribution < -0.4 is 5.32 Å². The Bertz CT molecular complexity index is 815. The van der Waals surface area contributed by atoms with Crippen LogP contribution in [0, 0.1) is 12.8 Å². The lowest BCUT2D eigenvalue weighted by Crippen LogP contribution is -2.39. The molecule has 0 aromatic carbocycles. The quantitative estimate of drug-likeness (QED) is 0.737. The Morgan fingerprint density at radius 1 is 1.32 bits per heavy atom. The van der Waals surface area contributed by atoms with Crippen LogP contribution in [0.2, 0.25) is 0 Å². The summed E-state index contributed by atoms with van der Waals surface area (Å²) in [6.07, 6.45) is 4.14. The van der Waals surface area contributed by atoms with Gasteiger partial charge in [0, 0.05) is 31.5 Å². The number of nitrogens with zero attached hydrogens (tertiary/aromatic N) is 4. The topological polar surface area (TPSA) is 104 Å². The number of amides is 2. The molecule has 2 aromatic heterocycles. The predicted molar refractivity (Wildman–Crippen MR) is 108 cm³/mol. The number of aryl methyl sites for hydroxylation is 1. The maximum absolute atomic E-state index is 12.8. The van der Waals surface area contributed by atoms with E-state index in [4.69, 9.17) is 0 Å². The summed E-state index contributed by atoms with van der Waals surface area (Å²) >= 11 is 1.39. The zero-order valence-electron chi connectivity index (χ0n) is 16.7. The molecule has 0 radical (unpaired) electrons. The number of nitrogens with one attached hydrogen (secondary N) is 2. The Labute approximate surface area is 169 Å². The molecule has 28 heavy (non-hydrogen) atoms. The van der Waals surface area contributed by atoms with Crippen molar-refractivity contribution in [3.8, 4) is 0 Å². The zero-order chi connectivity index (χ0) is 20.1. The number of aromatic amines is 1. The third-order valence-electron chi connectivity index (χ3n) is 4.75. The minimum atomic E-state index is -0.204. The first-order chi connectivity index (χ1) is 13.4. The average molecular weight is 405 g/mol. The van der Waals surface area contributed by atoms with Gasteiger partial charge in [-0.3, -0.25) is 14.7 Å². The van der Waals surface area contributed by atoms with E-state index in [1.54, 1.807) is 0 Å². The van der Waals surface area contributed by atoms with Crippen LogP contribution in [0.15, 0.2) is 6.07 Å². The fourth-order valence-corrected chi connectivity index (χ4v) is 4.40. The van der Waals surface area contributed by atoms with E-state index in [0.717, 1.165) is 42.1 Å². The van der Waals surface area contributed by atoms with Crippen molar-refractivity contribution in [2.45, 2.75) is 65.3 Å². The molecular weight excluding hydrogens is 376 g/mol. The van der Waals surface area contributed by atoms with E-state index < -0.39 is 0 Å². The molecule has 1 saturated heterocycles. The first-order valence-electron chi connectivity index (χ1n) is 9.86. The van der Waals surface area contributed by atoms with Crippen molar-refractivity contribution < 1.29 is 9.59 Å². The SMILES string of the molecule is Cc1cc(C2CCCCN2C(=O)CCC(=O)Nc2nnc(CC(C)C)s2)n[nH]1. The Hall–Kier alpha value is -2.29. The van der Waals surface area contributed by atoms with Crippen molar-refractivity contribution in [2.75, 3.05) is 11.9 Å². The van der Waals surface area contributed by atoms with Crippen LogP contribution in [0.3, 0.4) is 0 Å². The van der Waals surface area contributed by atoms with Crippen LogP contribution >= 0.6 is 11.3 Å². The third kappa shape index (κ3) is 5.37. The molecule has 1 unspecified atom stereocenters. The summed E-state index contributed by atoms with van der Waals surface area (Å²) in [4.78, 5) is 26.9. The van der Waals surface area contributed by atoms with Gasteiger partial charge in [-0.25, -0.2) is 0 Å². The van der Waals surface area contributed by atoms with E-state index in [1.165, 1.54) is 11.3 Å². The van der Waals surface area contributed by atoms with Crippen LogP contribution in [0.4, 0.5) is 5.13 Å². The second-order valence-electron chi connectivity index (χ2n) is 7.72. The maximum Gasteiger partial charge on any atom is 0.226 e. The standard InChI is InChI=1S/C19H28N6O2S/c1-12(2)10-17-23-24-19(28-17)20-16(26)7-8-18(27)25-9-5-4-6-15(25)14-11-13(3)21-22-14/h11-12,15H,4-10H2,1-3H3,(H,21,22)(H,20,24,26). The summed E-state index contributed by atoms with van der Waals surface area (Å²) < 4.78 is 0. The molecule has 1 aliphatic rings. The number of aromatic nitrogens is 4. The van der Waals surface area contributed by atoms with Gasteiger partial charge >= 0.3 is 0 Å². The molecule has 1 atom stereocenters. The molecule has 1 aliphatic heterocycles. The van der Waals surface area contributed by atoms with Gasteiger partial charge in [0.05, 0.1) is 11.7 Å². The second-order valence-corrected chi connectivity index (χ2v) is 8.78. The van der Waals surface area contributed by atoms with Crippen LogP contribution in [-0.2, 0) is 16.0 Å². The molecule has 0 bridgehead atoms. The van der Waals surface area contributed by atoms with Crippen LogP contribution in [0.1, 0.15) is 68.4 Å². The van der Waals surface area contributed by atoms with Gasteiger partial charge in [-0.15, -0.1) is 10.2 Å². The van der Waals surface area contributed by atoms with Crippen LogP contribution in [0.25, 0.3) is 0 Å². The summed E-state index contributed by atoms with van der Waals surface area (Å²) in [7, 11) is 0. The number of hydrogen-bond donors (Lipinski definition) is 2. The monoisotopic (exact) mass is 404 g/mol. The van der Waals surface area contributed by atoms with Crippen molar-refractivity contribution in [3.05, 3.63) is 22.5 Å². The molecule has 2 N–H and O–H groups in total. The number of carbonyl (C=O) groups is 2. The molecule has 0 spiro atoms. The lowest BCUT2D eigenvalue weighted by molar-refractivity contribution is -0.136. The minimum Gasteiger partial charge on any atom is -0.334 e. The highest BCUT2D eigenvalue weighted by Gasteiger charge is 2.29. The van der Waals surface area contributed by atoms with Gasteiger partial charge in [0.2, 0.25) is 16.9 Å². The Morgan fingerprint density at radius 2 is 2.14 bits per heavy atom. The summed E-state index contributed by atoms with van der Waals surface area (Å²) in [5, 5.41) is 19.6. The van der Waals surface area contributed by atoms with Crippen LogP contribution in [0.5, 0.6) is 0 Å². The number of likely N-dealkylation sites (tertiary alicyclic amines) is 1. The van der Waals surface area contributed by atoms with Gasteiger partial charge in [0.25, 0.3) is 0 Å². The van der Waals surface area contributed by atoms with Crippen molar-refractivity contribution in [3.63, 3.8) is 0 Å². The van der Waals surface area contributed by atoms with Crippen molar-refractivity contribution in [1.29, 1.82) is 0 Å². The van der Waals surface area contributed by atoms with E-state index >= 15 is 0 Å². The lowest BCUT2D eigenvalue weighted by Gasteiger charge is -2.34. The van der Waals surface area contributed by atoms with Gasteiger partial charge in [-0.2, -0.15) is 5.10 Å². The van der Waals surface area contributed by atoms with Gasteiger partial charge in [0.1, 0.15) is 5.01 Å². The molecule has 3 heterocycles. The van der Waals surface area contributed by atoms with E-state index in [9.17, 15) is 9.59 Å². The van der Waals surface area contributed by atoms with Gasteiger partial charge in [-0.05, 0) is 38.2 Å². The van der Waals surface area contributed by atoms with Crippen LogP contribution in [-0.4, -0.2) is 43.7 Å². The highest BCUT2D eigenvalue weighted by atomic mass is 32.1.